The Hall–Kier alpha value is -1.42. The van der Waals surface area contributed by atoms with Crippen LogP contribution in [-0.4, -0.2) is 17.2 Å². The number of ketones is 1. The van der Waals surface area contributed by atoms with Crippen LogP contribution in [0.2, 0.25) is 0 Å². The Labute approximate surface area is 112 Å². The van der Waals surface area contributed by atoms with Crippen molar-refractivity contribution in [3.05, 3.63) is 54.5 Å². The van der Waals surface area contributed by atoms with E-state index in [-0.39, 0.29) is 22.8 Å². The molecule has 1 radical (unpaired) electrons. The first-order valence-corrected chi connectivity index (χ1v) is 5.36. The number of nitrogens with zero attached hydrogens (tertiary/aromatic N) is 1. The molecule has 3 nitrogen and oxygen atoms in total. The summed E-state index contributed by atoms with van der Waals surface area (Å²) < 4.78 is 0. The summed E-state index contributed by atoms with van der Waals surface area (Å²) in [6.07, 6.45) is 4.53. The third-order valence-electron chi connectivity index (χ3n) is 2.54. The minimum absolute atomic E-state index is 0. The van der Waals surface area contributed by atoms with Gasteiger partial charge in [0.2, 0.25) is 0 Å². The van der Waals surface area contributed by atoms with Crippen molar-refractivity contribution in [2.45, 2.75) is 13.3 Å². The van der Waals surface area contributed by atoms with Crippen LogP contribution in [0.3, 0.4) is 0 Å². The van der Waals surface area contributed by atoms with Gasteiger partial charge in [-0.2, -0.15) is 5.32 Å². The molecule has 2 rings (SSSR count). The van der Waals surface area contributed by atoms with E-state index in [9.17, 15) is 4.79 Å². The van der Waals surface area contributed by atoms with Crippen LogP contribution in [0.5, 0.6) is 0 Å². The van der Waals surface area contributed by atoms with Gasteiger partial charge in [-0.3, -0.25) is 4.79 Å². The van der Waals surface area contributed by atoms with E-state index in [1.165, 1.54) is 5.56 Å². The van der Waals surface area contributed by atoms with Crippen LogP contribution in [0, 0.1) is 6.67 Å². The van der Waals surface area contributed by atoms with Crippen LogP contribution in [0.15, 0.2) is 36.7 Å². The lowest BCUT2D eigenvalue weighted by molar-refractivity contribution is -0.0000112. The zero-order chi connectivity index (χ0) is 11.4. The topological polar surface area (TPSA) is 32.3 Å². The Morgan fingerprint density at radius 3 is 2.59 bits per heavy atom. The molecule has 89 valence electrons. The fourth-order valence-electron chi connectivity index (χ4n) is 1.55. The molecule has 0 atom stereocenters. The first kappa shape index (κ1) is 13.6. The zero-order valence-electron chi connectivity index (χ0n) is 9.61. The molecule has 1 heterocycles. The molecule has 0 unspecified atom stereocenters. The van der Waals surface area contributed by atoms with Crippen molar-refractivity contribution in [2.75, 3.05) is 6.54 Å². The van der Waals surface area contributed by atoms with Gasteiger partial charge in [-0.15, -0.1) is 4.90 Å². The third kappa shape index (κ3) is 3.53. The average Bonchev–Trinajstić information content (AvgIpc) is 2.82. The first-order valence-electron chi connectivity index (χ1n) is 5.36. The van der Waals surface area contributed by atoms with Crippen LogP contribution in [0.25, 0.3) is 0 Å². The molecule has 4 heteroatoms. The molecule has 1 aromatic rings. The molecular formula is C13H14BrN2O. The number of carbonyl (C=O) groups excluding carboxylic acids is 1. The van der Waals surface area contributed by atoms with Crippen molar-refractivity contribution in [3.63, 3.8) is 0 Å². The molecule has 0 bridgehead atoms. The minimum Gasteiger partial charge on any atom is -1.00 e. The van der Waals surface area contributed by atoms with Gasteiger partial charge >= 0.3 is 6.67 Å². The van der Waals surface area contributed by atoms with Gasteiger partial charge in [0.15, 0.2) is 5.78 Å². The number of halogens is 1. The second kappa shape index (κ2) is 6.35. The lowest BCUT2D eigenvalue weighted by atomic mass is 10.1. The molecule has 1 aliphatic heterocycles. The fraction of sp³-hybridized carbons (Fsp3) is 0.231. The summed E-state index contributed by atoms with van der Waals surface area (Å²) in [7, 11) is 0. The highest BCUT2D eigenvalue weighted by Gasteiger charge is 2.24. The highest BCUT2D eigenvalue weighted by atomic mass is 79.9. The van der Waals surface area contributed by atoms with Gasteiger partial charge in [0.1, 0.15) is 6.54 Å². The maximum absolute atomic E-state index is 11.9. The van der Waals surface area contributed by atoms with Crippen molar-refractivity contribution < 1.29 is 21.8 Å². The molecule has 1 N–H and O–H groups in total. The zero-order valence-corrected chi connectivity index (χ0v) is 11.2. The summed E-state index contributed by atoms with van der Waals surface area (Å²) in [4.78, 5) is 13.6. The number of aryl methyl sites for hydroxylation is 1. The van der Waals surface area contributed by atoms with E-state index in [1.807, 2.05) is 24.3 Å². The van der Waals surface area contributed by atoms with Crippen molar-refractivity contribution in [2.24, 2.45) is 0 Å². The second-order valence-electron chi connectivity index (χ2n) is 3.67. The number of carbonyl (C=O) groups is 1. The molecule has 17 heavy (non-hydrogen) atoms. The summed E-state index contributed by atoms with van der Waals surface area (Å²) in [5.41, 5.74) is 2.00. The number of Topliss-reactive ketones (excluding diaryl/α,β-unsaturated/α-hetero) is 1. The monoisotopic (exact) mass is 293 g/mol. The molecule has 0 spiro atoms. The Morgan fingerprint density at radius 1 is 1.35 bits per heavy atom. The summed E-state index contributed by atoms with van der Waals surface area (Å²) in [5, 5.41) is 2.79. The predicted octanol–water partition coefficient (Wildman–Crippen LogP) is -1.19. The Balaban J connectivity index is 0.00000144. The molecule has 0 amide bonds. The Bertz CT molecular complexity index is 400. The highest BCUT2D eigenvalue weighted by Crippen LogP contribution is 2.08. The van der Waals surface area contributed by atoms with E-state index in [4.69, 9.17) is 0 Å². The molecule has 0 saturated heterocycles. The SMILES string of the molecule is CCc1ccc(C(=O)CN2[C+]NC=C2)cc1.[Br-]. The predicted molar refractivity (Wildman–Crippen MR) is 62.4 cm³/mol. The van der Waals surface area contributed by atoms with Gasteiger partial charge in [0, 0.05) is 5.56 Å². The van der Waals surface area contributed by atoms with Crippen LogP contribution in [0.1, 0.15) is 22.8 Å². The third-order valence-corrected chi connectivity index (χ3v) is 2.54. The molecule has 1 aromatic carbocycles. The summed E-state index contributed by atoms with van der Waals surface area (Å²) in [6.45, 7) is 5.26. The van der Waals surface area contributed by atoms with Gasteiger partial charge in [-0.25, -0.2) is 0 Å². The maximum Gasteiger partial charge on any atom is 0.562 e. The van der Waals surface area contributed by atoms with Gasteiger partial charge < -0.3 is 17.0 Å². The molecule has 0 fully saturated rings. The van der Waals surface area contributed by atoms with Gasteiger partial charge in [0.25, 0.3) is 0 Å². The van der Waals surface area contributed by atoms with E-state index in [2.05, 4.69) is 18.9 Å². The summed E-state index contributed by atoms with van der Waals surface area (Å²) in [6, 6.07) is 7.76. The van der Waals surface area contributed by atoms with Crippen LogP contribution in [-0.2, 0) is 6.42 Å². The van der Waals surface area contributed by atoms with Gasteiger partial charge in [0.05, 0.1) is 12.4 Å². The largest absolute Gasteiger partial charge is 1.00 e. The molecule has 0 saturated carbocycles. The van der Waals surface area contributed by atoms with Crippen LogP contribution in [0.4, 0.5) is 0 Å². The van der Waals surface area contributed by atoms with Crippen molar-refractivity contribution in [3.8, 4) is 0 Å². The lowest BCUT2D eigenvalue weighted by Crippen LogP contribution is -3.00. The average molecular weight is 294 g/mol. The highest BCUT2D eigenvalue weighted by molar-refractivity contribution is 5.97. The fourth-order valence-corrected chi connectivity index (χ4v) is 1.55. The smallest absolute Gasteiger partial charge is 0.562 e. The van der Waals surface area contributed by atoms with E-state index < -0.39 is 0 Å². The number of hydrogen-bond acceptors (Lipinski definition) is 3. The normalized spacial score (nSPS) is 12.6. The molecular weight excluding hydrogens is 280 g/mol. The van der Waals surface area contributed by atoms with E-state index in [0.717, 1.165) is 12.0 Å². The van der Waals surface area contributed by atoms with Gasteiger partial charge in [-0.1, -0.05) is 31.2 Å². The van der Waals surface area contributed by atoms with E-state index in [1.54, 1.807) is 17.3 Å². The Morgan fingerprint density at radius 2 is 2.06 bits per heavy atom. The number of hydrogen-bond donors (Lipinski definition) is 1. The van der Waals surface area contributed by atoms with Crippen LogP contribution >= 0.6 is 0 Å². The maximum atomic E-state index is 11.9. The number of benzene rings is 1. The summed E-state index contributed by atoms with van der Waals surface area (Å²) >= 11 is 0. The molecule has 0 aromatic heterocycles. The molecule has 1 aliphatic rings. The van der Waals surface area contributed by atoms with E-state index in [0.29, 0.717) is 6.54 Å². The van der Waals surface area contributed by atoms with Crippen molar-refractivity contribution in [1.82, 2.24) is 10.2 Å². The van der Waals surface area contributed by atoms with Crippen molar-refractivity contribution >= 4 is 5.78 Å². The quantitative estimate of drug-likeness (QED) is 0.560. The summed E-state index contributed by atoms with van der Waals surface area (Å²) in [5.74, 6) is 0.100. The molecule has 0 aliphatic carbocycles. The van der Waals surface area contributed by atoms with Gasteiger partial charge in [-0.05, 0) is 12.0 Å². The van der Waals surface area contributed by atoms with Crippen molar-refractivity contribution in [1.29, 1.82) is 0 Å². The number of nitrogens with one attached hydrogen (secondary N) is 1. The Kier molecular flexibility index (Phi) is 5.10. The van der Waals surface area contributed by atoms with E-state index >= 15 is 0 Å². The standard InChI is InChI=1S/C13H14N2O.BrH/c1-2-11-3-5-12(6-4-11)13(16)9-15-8-7-14-10-15;/h3-8,14H,2,9H2,1H3;1H/q+1;/p-1. The number of rotatable bonds is 4. The van der Waals surface area contributed by atoms with Crippen LogP contribution < -0.4 is 22.3 Å². The lowest BCUT2D eigenvalue weighted by Gasteiger charge is -2.03. The first-order chi connectivity index (χ1) is 7.79. The minimum atomic E-state index is 0. The second-order valence-corrected chi connectivity index (χ2v) is 3.67.